The summed E-state index contributed by atoms with van der Waals surface area (Å²) in [5.74, 6) is -1.34. The number of Topliss-reactive ketones (excluding diaryl/α,β-unsaturated/α-hetero) is 1. The number of carbonyl (C=O) groups excluding carboxylic acids is 1. The minimum absolute atomic E-state index is 0.100. The van der Waals surface area contributed by atoms with Gasteiger partial charge in [-0.3, -0.25) is 4.79 Å². The van der Waals surface area contributed by atoms with E-state index in [-0.39, 0.29) is 48.3 Å². The lowest BCUT2D eigenvalue weighted by Gasteiger charge is -2.64. The van der Waals surface area contributed by atoms with Crippen LogP contribution < -0.4 is 0 Å². The van der Waals surface area contributed by atoms with Gasteiger partial charge < -0.3 is 99.5 Å². The highest BCUT2D eigenvalue weighted by atomic mass is 16.7. The van der Waals surface area contributed by atoms with E-state index in [4.69, 9.17) is 33.2 Å². The summed E-state index contributed by atoms with van der Waals surface area (Å²) in [6, 6.07) is 0. The quantitative estimate of drug-likeness (QED) is 0.0746. The van der Waals surface area contributed by atoms with Gasteiger partial charge in [0, 0.05) is 11.3 Å². The maximum atomic E-state index is 14.6. The van der Waals surface area contributed by atoms with Crippen molar-refractivity contribution in [3.8, 4) is 0 Å². The lowest BCUT2D eigenvalue weighted by Crippen LogP contribution is -2.65. The molecule has 0 radical (unpaired) electrons. The number of hydrogen-bond donors (Lipinski definition) is 13. The second kappa shape index (κ2) is 20.1. The Morgan fingerprint density at radius 3 is 1.90 bits per heavy atom. The van der Waals surface area contributed by atoms with Crippen molar-refractivity contribution in [2.24, 2.45) is 34.0 Å². The Hall–Kier alpha value is -1.39. The highest BCUT2D eigenvalue weighted by Gasteiger charge is 2.69. The molecule has 4 saturated carbocycles. The second-order valence-electron chi connectivity index (χ2n) is 21.9. The van der Waals surface area contributed by atoms with E-state index in [9.17, 15) is 71.2 Å². The maximum Gasteiger partial charge on any atom is 0.186 e. The number of carbonyl (C=O) groups is 1. The molecule has 0 aromatic heterocycles. The minimum atomic E-state index is -1.74. The summed E-state index contributed by atoms with van der Waals surface area (Å²) in [4.78, 5) is 14.6. The highest BCUT2D eigenvalue weighted by Crippen LogP contribution is 2.73. The summed E-state index contributed by atoms with van der Waals surface area (Å²) in [7, 11) is 0. The summed E-state index contributed by atoms with van der Waals surface area (Å²) in [6.07, 6.45) is -20.8. The molecule has 0 aromatic rings. The molecule has 1 spiro atoms. The second-order valence-corrected chi connectivity index (χ2v) is 21.9. The van der Waals surface area contributed by atoms with E-state index >= 15 is 0 Å². The molecule has 8 aliphatic rings. The fraction of sp³-hybridized carbons (Fsp3) is 0.936. The Kier molecular flexibility index (Phi) is 15.7. The van der Waals surface area contributed by atoms with Crippen LogP contribution in [0.2, 0.25) is 0 Å². The molecule has 8 rings (SSSR count). The molecular formula is C47H76O21. The molecule has 68 heavy (non-hydrogen) atoms. The normalized spacial score (nSPS) is 54.0. The zero-order valence-corrected chi connectivity index (χ0v) is 39.1. The summed E-state index contributed by atoms with van der Waals surface area (Å²) in [5, 5.41) is 137. The SMILES string of the molecule is C=C1C[C@@]23CC[C@H]4[C@@](C)(CCC[C@@]4(C)C(=O)[C@@H]4OC(CO)[C@@H](O)[C@@H](O)C4O)[C@@H]2CC[C@]1(OC[C@@H]1OC(CO)[C@@H](O)[C@@H](COC[C@@H]2OC(CO)[C@@H](O)[C@@H](O)C2O)C1O[C@@H]1OC(C)[C@H](O)[C@H](O)C1O)C3. The molecule has 2 bridgehead atoms. The van der Waals surface area contributed by atoms with Gasteiger partial charge in [0.1, 0.15) is 91.6 Å². The van der Waals surface area contributed by atoms with Crippen LogP contribution in [-0.2, 0) is 38.0 Å². The van der Waals surface area contributed by atoms with Gasteiger partial charge in [-0.25, -0.2) is 0 Å². The number of fused-ring (bicyclic) bond motifs is 3. The number of ether oxygens (including phenoxy) is 7. The first-order valence-corrected chi connectivity index (χ1v) is 24.5. The van der Waals surface area contributed by atoms with Crippen LogP contribution in [0, 0.1) is 34.0 Å². The monoisotopic (exact) mass is 976 g/mol. The van der Waals surface area contributed by atoms with Crippen LogP contribution in [0.3, 0.4) is 0 Å². The molecule has 4 aliphatic carbocycles. The van der Waals surface area contributed by atoms with Gasteiger partial charge in [0.25, 0.3) is 0 Å². The van der Waals surface area contributed by atoms with E-state index in [1.807, 2.05) is 6.92 Å². The van der Waals surface area contributed by atoms with Gasteiger partial charge in [-0.15, -0.1) is 0 Å². The first kappa shape index (κ1) is 52.9. The van der Waals surface area contributed by atoms with E-state index in [1.54, 1.807) is 0 Å². The Balaban J connectivity index is 1.01. The van der Waals surface area contributed by atoms with Crippen molar-refractivity contribution >= 4 is 5.78 Å². The van der Waals surface area contributed by atoms with Crippen molar-refractivity contribution in [3.63, 3.8) is 0 Å². The number of hydrogen-bond acceptors (Lipinski definition) is 21. The molecule has 390 valence electrons. The van der Waals surface area contributed by atoms with Crippen molar-refractivity contribution in [3.05, 3.63) is 12.2 Å². The average molecular weight is 977 g/mol. The fourth-order valence-corrected chi connectivity index (χ4v) is 14.4. The lowest BCUT2D eigenvalue weighted by molar-refractivity contribution is -0.338. The van der Waals surface area contributed by atoms with Gasteiger partial charge in [0.05, 0.1) is 63.6 Å². The molecule has 4 saturated heterocycles. The fourth-order valence-electron chi connectivity index (χ4n) is 14.4. The van der Waals surface area contributed by atoms with Gasteiger partial charge in [-0.1, -0.05) is 26.8 Å². The molecule has 4 aliphatic heterocycles. The van der Waals surface area contributed by atoms with Gasteiger partial charge >= 0.3 is 0 Å². The van der Waals surface area contributed by atoms with Crippen molar-refractivity contribution in [2.45, 2.75) is 200 Å². The topological polar surface area (TPSA) is 345 Å². The largest absolute Gasteiger partial charge is 0.394 e. The first-order chi connectivity index (χ1) is 32.1. The van der Waals surface area contributed by atoms with Crippen LogP contribution in [0.15, 0.2) is 12.2 Å². The van der Waals surface area contributed by atoms with Crippen LogP contribution in [0.4, 0.5) is 0 Å². The van der Waals surface area contributed by atoms with Gasteiger partial charge in [0.2, 0.25) is 0 Å². The third kappa shape index (κ3) is 8.88. The third-order valence-corrected chi connectivity index (χ3v) is 18.2. The van der Waals surface area contributed by atoms with Crippen LogP contribution in [0.1, 0.15) is 78.6 Å². The zero-order valence-electron chi connectivity index (χ0n) is 39.1. The maximum absolute atomic E-state index is 14.6. The van der Waals surface area contributed by atoms with Crippen LogP contribution in [0.25, 0.3) is 0 Å². The zero-order chi connectivity index (χ0) is 49.4. The smallest absolute Gasteiger partial charge is 0.186 e. The molecule has 8 unspecified atom stereocenters. The number of rotatable bonds is 14. The highest BCUT2D eigenvalue weighted by molar-refractivity contribution is 5.90. The molecule has 21 nitrogen and oxygen atoms in total. The first-order valence-electron chi connectivity index (χ1n) is 24.5. The Morgan fingerprint density at radius 1 is 0.632 bits per heavy atom. The van der Waals surface area contributed by atoms with E-state index in [0.717, 1.165) is 31.3 Å². The lowest BCUT2D eigenvalue weighted by atomic mass is 9.40. The summed E-state index contributed by atoms with van der Waals surface area (Å²) < 4.78 is 42.9. The van der Waals surface area contributed by atoms with E-state index in [0.29, 0.717) is 32.1 Å². The van der Waals surface area contributed by atoms with E-state index in [2.05, 4.69) is 13.5 Å². The van der Waals surface area contributed by atoms with Crippen LogP contribution in [0.5, 0.6) is 0 Å². The summed E-state index contributed by atoms with van der Waals surface area (Å²) in [5.41, 5.74) is -1.43. The standard InChI is InChI=1S/C47H76O21/c1-20-12-46-10-6-28-44(3,8-5-9-45(28,4)42(61)41-38(59)37(58)33(54)25(15-50)67-41)29(46)7-11-47(20,19-46)63-18-27-40(68-43-39(60)35(56)30(51)21(2)64-43)22(31(52)23(13-48)66-27)16-62-17-26-34(55)36(57)32(53)24(14-49)65-26/h21-41,43,48-60H,1,5-19H2,2-4H3/t21?,22-,23?,24?,25?,26+,27+,28+,29+,30+,31+,32-,33-,34?,35+,36-,37-,38?,39?,40?,41-,43+,44-,45-,46-,47+/m1/s1. The van der Waals surface area contributed by atoms with Crippen molar-refractivity contribution < 1.29 is 104 Å². The van der Waals surface area contributed by atoms with Crippen molar-refractivity contribution in [1.82, 2.24) is 0 Å². The summed E-state index contributed by atoms with van der Waals surface area (Å²) >= 11 is 0. The third-order valence-electron chi connectivity index (χ3n) is 18.2. The van der Waals surface area contributed by atoms with Crippen molar-refractivity contribution in [2.75, 3.05) is 39.6 Å². The van der Waals surface area contributed by atoms with Gasteiger partial charge in [-0.05, 0) is 86.5 Å². The number of aliphatic hydroxyl groups excluding tert-OH is 13. The summed E-state index contributed by atoms with van der Waals surface area (Å²) in [6.45, 7) is 7.46. The molecule has 0 amide bonds. The van der Waals surface area contributed by atoms with E-state index in [1.165, 1.54) is 6.92 Å². The molecule has 13 N–H and O–H groups in total. The van der Waals surface area contributed by atoms with Crippen LogP contribution >= 0.6 is 0 Å². The number of ketones is 1. The Labute approximate surface area is 395 Å². The average Bonchev–Trinajstić information content (AvgIpc) is 3.52. The number of aliphatic hydroxyl groups is 13. The molecule has 4 heterocycles. The van der Waals surface area contributed by atoms with E-state index < -0.39 is 153 Å². The molecule has 21 heteroatoms. The van der Waals surface area contributed by atoms with Crippen molar-refractivity contribution in [1.29, 1.82) is 0 Å². The van der Waals surface area contributed by atoms with Gasteiger partial charge in [-0.2, -0.15) is 0 Å². The predicted octanol–water partition coefficient (Wildman–Crippen LogP) is -3.69. The Bertz CT molecular complexity index is 1770. The van der Waals surface area contributed by atoms with Gasteiger partial charge in [0.15, 0.2) is 12.1 Å². The molecule has 26 atom stereocenters. The van der Waals surface area contributed by atoms with Crippen LogP contribution in [-0.4, -0.2) is 234 Å². The predicted molar refractivity (Wildman–Crippen MR) is 231 cm³/mol. The molecule has 0 aromatic carbocycles. The Morgan fingerprint density at radius 2 is 1.22 bits per heavy atom. The minimum Gasteiger partial charge on any atom is -0.394 e. The molecular weight excluding hydrogens is 900 g/mol. The molecule has 8 fully saturated rings.